The van der Waals surface area contributed by atoms with Crippen molar-refractivity contribution in [3.63, 3.8) is 0 Å². The summed E-state index contributed by atoms with van der Waals surface area (Å²) in [7, 11) is 1.51. The van der Waals surface area contributed by atoms with Gasteiger partial charge in [0.2, 0.25) is 0 Å². The zero-order valence-corrected chi connectivity index (χ0v) is 15.2. The Morgan fingerprint density at radius 3 is 2.85 bits per heavy atom. The van der Waals surface area contributed by atoms with Gasteiger partial charge in [-0.05, 0) is 18.7 Å². The second-order valence-electron chi connectivity index (χ2n) is 6.58. The van der Waals surface area contributed by atoms with Crippen LogP contribution < -0.4 is 10.5 Å². The van der Waals surface area contributed by atoms with E-state index in [1.165, 1.54) is 19.2 Å². The molecule has 3 aromatic rings. The number of halogens is 1. The average molecular weight is 365 g/mol. The third-order valence-corrected chi connectivity index (χ3v) is 5.20. The van der Waals surface area contributed by atoms with Gasteiger partial charge < -0.3 is 15.3 Å². The molecule has 1 aliphatic heterocycles. The number of nitrogen functional groups attached to an aromatic ring is 1. The van der Waals surface area contributed by atoms with Gasteiger partial charge in [0.05, 0.1) is 24.4 Å². The van der Waals surface area contributed by atoms with E-state index >= 15 is 0 Å². The minimum absolute atomic E-state index is 0.364. The van der Waals surface area contributed by atoms with Gasteiger partial charge in [0.15, 0.2) is 0 Å². The summed E-state index contributed by atoms with van der Waals surface area (Å²) >= 11 is 0. The lowest BCUT2D eigenvalue weighted by atomic mass is 9.97. The maximum absolute atomic E-state index is 13.6. The first-order valence-corrected chi connectivity index (χ1v) is 8.83. The zero-order valence-electron chi connectivity index (χ0n) is 15.2. The smallest absolute Gasteiger partial charge is 0.141 e. The van der Waals surface area contributed by atoms with Crippen LogP contribution >= 0.6 is 0 Å². The molecule has 0 amide bonds. The highest BCUT2D eigenvalue weighted by Crippen LogP contribution is 2.42. The quantitative estimate of drug-likeness (QED) is 0.714. The summed E-state index contributed by atoms with van der Waals surface area (Å²) in [6.07, 6.45) is 0.923. The molecule has 1 aromatic heterocycles. The average Bonchev–Trinajstić information content (AvgIpc) is 3.05. The first-order valence-electron chi connectivity index (χ1n) is 8.83. The molecule has 2 heterocycles. The van der Waals surface area contributed by atoms with Gasteiger partial charge >= 0.3 is 0 Å². The molecule has 0 fully saturated rings. The molecule has 0 aliphatic carbocycles. The molecule has 5 nitrogen and oxygen atoms in total. The molecule has 0 bridgehead atoms. The second-order valence-corrected chi connectivity index (χ2v) is 6.58. The van der Waals surface area contributed by atoms with Crippen molar-refractivity contribution in [1.82, 2.24) is 9.88 Å². The highest BCUT2D eigenvalue weighted by atomic mass is 19.1. The van der Waals surface area contributed by atoms with Gasteiger partial charge in [-0.1, -0.05) is 25.1 Å². The highest BCUT2D eigenvalue weighted by molar-refractivity contribution is 6.02. The lowest BCUT2D eigenvalue weighted by Crippen LogP contribution is -2.22. The largest absolute Gasteiger partial charge is 0.496 e. The van der Waals surface area contributed by atoms with E-state index in [4.69, 9.17) is 15.5 Å². The molecule has 2 N–H and O–H groups in total. The van der Waals surface area contributed by atoms with Crippen LogP contribution in [0.4, 0.5) is 10.1 Å². The molecule has 1 atom stereocenters. The van der Waals surface area contributed by atoms with E-state index in [2.05, 4.69) is 0 Å². The van der Waals surface area contributed by atoms with Crippen LogP contribution in [0.15, 0.2) is 36.4 Å². The van der Waals surface area contributed by atoms with Crippen molar-refractivity contribution >= 4 is 22.9 Å². The van der Waals surface area contributed by atoms with Gasteiger partial charge in [-0.15, -0.1) is 0 Å². The minimum Gasteiger partial charge on any atom is -0.496 e. The lowest BCUT2D eigenvalue weighted by molar-refractivity contribution is -0.112. The summed E-state index contributed by atoms with van der Waals surface area (Å²) in [6.45, 7) is 3.31. The van der Waals surface area contributed by atoms with Gasteiger partial charge in [0, 0.05) is 40.4 Å². The van der Waals surface area contributed by atoms with Gasteiger partial charge in [-0.2, -0.15) is 0 Å². The molecule has 138 valence electrons. The Morgan fingerprint density at radius 2 is 2.15 bits per heavy atom. The number of aldehydes is 1. The molecule has 4 rings (SSSR count). The predicted octanol–water partition coefficient (Wildman–Crippen LogP) is 3.71. The SMILES string of the molecule is CCN1Cc2nc3c(-c4ccc(F)cc4OC)cccc3c(N)c2C1C=O. The molecule has 1 aliphatic rings. The van der Waals surface area contributed by atoms with E-state index in [1.54, 1.807) is 6.07 Å². The van der Waals surface area contributed by atoms with E-state index in [-0.39, 0.29) is 11.9 Å². The van der Waals surface area contributed by atoms with Crippen molar-refractivity contribution in [3.05, 3.63) is 53.5 Å². The Balaban J connectivity index is 1.99. The van der Waals surface area contributed by atoms with Gasteiger partial charge in [-0.25, -0.2) is 4.39 Å². The molecule has 1 unspecified atom stereocenters. The fourth-order valence-electron chi connectivity index (χ4n) is 3.87. The number of nitrogens with zero attached hydrogens (tertiary/aromatic N) is 2. The van der Waals surface area contributed by atoms with Gasteiger partial charge in [0.1, 0.15) is 17.9 Å². The summed E-state index contributed by atoms with van der Waals surface area (Å²) in [5.74, 6) is 0.0703. The Hall–Kier alpha value is -2.99. The summed E-state index contributed by atoms with van der Waals surface area (Å²) in [4.78, 5) is 18.6. The number of benzene rings is 2. The summed E-state index contributed by atoms with van der Waals surface area (Å²) in [6, 6.07) is 9.76. The number of anilines is 1. The predicted molar refractivity (Wildman–Crippen MR) is 103 cm³/mol. The van der Waals surface area contributed by atoms with Crippen LogP contribution in [0.5, 0.6) is 5.75 Å². The Morgan fingerprint density at radius 1 is 1.33 bits per heavy atom. The number of carbonyl (C=O) groups excluding carboxylic acids is 1. The topological polar surface area (TPSA) is 68.5 Å². The number of para-hydroxylation sites is 1. The van der Waals surface area contributed by atoms with E-state index in [0.717, 1.165) is 46.1 Å². The second kappa shape index (κ2) is 6.63. The van der Waals surface area contributed by atoms with Crippen molar-refractivity contribution in [2.24, 2.45) is 0 Å². The first-order chi connectivity index (χ1) is 13.1. The number of methoxy groups -OCH3 is 1. The number of ether oxygens (including phenoxy) is 1. The summed E-state index contributed by atoms with van der Waals surface area (Å²) < 4.78 is 19.0. The van der Waals surface area contributed by atoms with Crippen LogP contribution in [0.3, 0.4) is 0 Å². The normalized spacial score (nSPS) is 16.5. The zero-order chi connectivity index (χ0) is 19.1. The van der Waals surface area contributed by atoms with Crippen molar-refractivity contribution < 1.29 is 13.9 Å². The Labute approximate surface area is 156 Å². The van der Waals surface area contributed by atoms with Gasteiger partial charge in [0.25, 0.3) is 0 Å². The lowest BCUT2D eigenvalue weighted by Gasteiger charge is -2.18. The number of carbonyl (C=O) groups is 1. The number of nitrogens with two attached hydrogens (primary N) is 1. The van der Waals surface area contributed by atoms with Crippen LogP contribution in [0.25, 0.3) is 22.0 Å². The van der Waals surface area contributed by atoms with E-state index in [0.29, 0.717) is 18.0 Å². The number of pyridine rings is 1. The number of rotatable bonds is 4. The molecule has 0 saturated heterocycles. The molecule has 0 saturated carbocycles. The molecule has 27 heavy (non-hydrogen) atoms. The molecule has 0 radical (unpaired) electrons. The van der Waals surface area contributed by atoms with Crippen molar-refractivity contribution in [2.75, 3.05) is 19.4 Å². The summed E-state index contributed by atoms with van der Waals surface area (Å²) in [5, 5.41) is 0.780. The third kappa shape index (κ3) is 2.64. The Bertz CT molecular complexity index is 1050. The highest BCUT2D eigenvalue weighted by Gasteiger charge is 2.33. The first kappa shape index (κ1) is 17.4. The molecular weight excluding hydrogens is 345 g/mol. The van der Waals surface area contributed by atoms with Gasteiger partial charge in [-0.3, -0.25) is 9.88 Å². The number of likely N-dealkylation sites (N-methyl/N-ethyl adjacent to an activating group) is 1. The standard InChI is InChI=1S/C21H20FN3O2/c1-3-25-10-16-19(17(25)11-26)20(23)15-6-4-5-14(21(15)24-16)13-8-7-12(22)9-18(13)27-2/h4-9,11,17H,3,10H2,1-2H3,(H2,23,24). The van der Waals surface area contributed by atoms with Crippen LogP contribution in [-0.4, -0.2) is 29.8 Å². The number of aromatic nitrogens is 1. The van der Waals surface area contributed by atoms with Crippen molar-refractivity contribution in [1.29, 1.82) is 0 Å². The van der Waals surface area contributed by atoms with Crippen molar-refractivity contribution in [3.8, 4) is 16.9 Å². The molecular formula is C21H20FN3O2. The van der Waals surface area contributed by atoms with Crippen LogP contribution in [0.2, 0.25) is 0 Å². The molecule has 6 heteroatoms. The Kier molecular flexibility index (Phi) is 4.28. The minimum atomic E-state index is -0.370. The molecule has 2 aromatic carbocycles. The van der Waals surface area contributed by atoms with E-state index in [1.807, 2.05) is 30.0 Å². The van der Waals surface area contributed by atoms with Crippen LogP contribution in [-0.2, 0) is 11.3 Å². The molecule has 0 spiro atoms. The van der Waals surface area contributed by atoms with E-state index in [9.17, 15) is 9.18 Å². The number of fused-ring (bicyclic) bond motifs is 2. The van der Waals surface area contributed by atoms with E-state index < -0.39 is 0 Å². The third-order valence-electron chi connectivity index (χ3n) is 5.20. The van der Waals surface area contributed by atoms with Crippen LogP contribution in [0.1, 0.15) is 24.2 Å². The fourth-order valence-corrected chi connectivity index (χ4v) is 3.87. The maximum Gasteiger partial charge on any atom is 0.141 e. The monoisotopic (exact) mass is 365 g/mol. The fraction of sp³-hybridized carbons (Fsp3) is 0.238. The van der Waals surface area contributed by atoms with Crippen LogP contribution in [0, 0.1) is 5.82 Å². The number of hydrogen-bond acceptors (Lipinski definition) is 5. The van der Waals surface area contributed by atoms with Crippen molar-refractivity contribution in [2.45, 2.75) is 19.5 Å². The number of hydrogen-bond donors (Lipinski definition) is 1. The maximum atomic E-state index is 13.6. The summed E-state index contributed by atoms with van der Waals surface area (Å²) in [5.41, 5.74) is 10.9.